The molecule has 3 atom stereocenters. The van der Waals surface area contributed by atoms with Crippen LogP contribution in [-0.4, -0.2) is 65.7 Å². The minimum Gasteiger partial charge on any atom is -0.462 e. The molecule has 0 aromatic rings. The summed E-state index contributed by atoms with van der Waals surface area (Å²) in [7, 11) is -4.62. The number of carbonyl (C=O) groups is 2. The lowest BCUT2D eigenvalue weighted by Crippen LogP contribution is -2.29. The normalized spacial score (nSPS) is 14.1. The number of esters is 2. The molecule has 3 N–H and O–H groups in total. The first-order chi connectivity index (χ1) is 26.7. The molecule has 0 aliphatic carbocycles. The van der Waals surface area contributed by atoms with Crippen molar-refractivity contribution in [2.45, 2.75) is 219 Å². The maximum atomic E-state index is 12.6. The summed E-state index contributed by atoms with van der Waals surface area (Å²) in [4.78, 5) is 35.0. The van der Waals surface area contributed by atoms with E-state index in [2.05, 4.69) is 38.2 Å². The van der Waals surface area contributed by atoms with E-state index in [1.807, 2.05) is 0 Å². The van der Waals surface area contributed by atoms with Crippen molar-refractivity contribution in [3.05, 3.63) is 24.3 Å². The number of phosphoric ester groups is 1. The van der Waals surface area contributed by atoms with Gasteiger partial charge in [0.25, 0.3) is 0 Å². The number of hydrogen-bond acceptors (Lipinski definition) is 9. The lowest BCUT2D eigenvalue weighted by atomic mass is 10.1. The summed E-state index contributed by atoms with van der Waals surface area (Å²) in [6, 6.07) is 0. The van der Waals surface area contributed by atoms with Gasteiger partial charge in [-0.15, -0.1) is 0 Å². The standard InChI is InChI=1S/C44H83O10P/c1-3-5-7-9-11-13-15-17-19-20-22-23-25-27-29-31-33-35-43(47)51-39-42(40-53-55(49,50)52-38-41(46)37-45)54-44(48)36-34-32-30-28-26-24-21-18-16-14-12-10-8-6-4-2/h14,16-17,19,41-42,45-46H,3-13,15,18,20-40H2,1-2H3,(H,49,50)/b16-14+,19-17+/t41-,42+/m0/s1. The Morgan fingerprint density at radius 1 is 0.527 bits per heavy atom. The molecular formula is C44H83O10P. The predicted molar refractivity (Wildman–Crippen MR) is 224 cm³/mol. The zero-order chi connectivity index (χ0) is 40.5. The molecule has 0 spiro atoms. The summed E-state index contributed by atoms with van der Waals surface area (Å²) >= 11 is 0. The van der Waals surface area contributed by atoms with Crippen molar-refractivity contribution >= 4 is 19.8 Å². The van der Waals surface area contributed by atoms with Crippen LogP contribution in [0.1, 0.15) is 206 Å². The van der Waals surface area contributed by atoms with Gasteiger partial charge in [0.15, 0.2) is 6.10 Å². The zero-order valence-electron chi connectivity index (χ0n) is 35.2. The summed E-state index contributed by atoms with van der Waals surface area (Å²) in [5.74, 6) is -0.929. The van der Waals surface area contributed by atoms with Gasteiger partial charge >= 0.3 is 19.8 Å². The SMILES string of the molecule is CCCCCC/C=C/CCCCCCCCCC(=O)O[C@H](COC(=O)CCCCCCCCC/C=C/CCCCCCCC)COP(=O)(O)OC[C@@H](O)CO. The third-order valence-electron chi connectivity index (χ3n) is 9.58. The Morgan fingerprint density at radius 3 is 1.33 bits per heavy atom. The highest BCUT2D eigenvalue weighted by Crippen LogP contribution is 2.43. The van der Waals surface area contributed by atoms with Gasteiger partial charge in [0.05, 0.1) is 19.8 Å². The van der Waals surface area contributed by atoms with Gasteiger partial charge < -0.3 is 24.6 Å². The second-order valence-electron chi connectivity index (χ2n) is 15.1. The molecule has 0 amide bonds. The average Bonchev–Trinajstić information content (AvgIpc) is 3.17. The monoisotopic (exact) mass is 803 g/mol. The van der Waals surface area contributed by atoms with Crippen LogP contribution in [0, 0.1) is 0 Å². The number of rotatable bonds is 42. The molecule has 0 radical (unpaired) electrons. The lowest BCUT2D eigenvalue weighted by molar-refractivity contribution is -0.161. The molecule has 0 aromatic carbocycles. The van der Waals surface area contributed by atoms with Gasteiger partial charge in [-0.05, 0) is 64.2 Å². The Bertz CT molecular complexity index is 972. The third-order valence-corrected chi connectivity index (χ3v) is 10.5. The van der Waals surface area contributed by atoms with Gasteiger partial charge in [0.1, 0.15) is 12.7 Å². The molecule has 55 heavy (non-hydrogen) atoms. The molecule has 324 valence electrons. The Morgan fingerprint density at radius 2 is 0.891 bits per heavy atom. The fourth-order valence-corrected chi connectivity index (χ4v) is 6.89. The summed E-state index contributed by atoms with van der Waals surface area (Å²) in [6.07, 6.45) is 39.9. The van der Waals surface area contributed by atoms with E-state index in [1.165, 1.54) is 116 Å². The van der Waals surface area contributed by atoms with Crippen LogP contribution in [-0.2, 0) is 32.7 Å². The average molecular weight is 803 g/mol. The minimum atomic E-state index is -4.62. The summed E-state index contributed by atoms with van der Waals surface area (Å²) in [5.41, 5.74) is 0. The van der Waals surface area contributed by atoms with Crippen LogP contribution in [0.3, 0.4) is 0 Å². The van der Waals surface area contributed by atoms with E-state index in [-0.39, 0.29) is 19.4 Å². The first kappa shape index (κ1) is 53.5. The maximum Gasteiger partial charge on any atom is 0.472 e. The van der Waals surface area contributed by atoms with Crippen LogP contribution in [0.25, 0.3) is 0 Å². The van der Waals surface area contributed by atoms with Crippen molar-refractivity contribution in [2.75, 3.05) is 26.4 Å². The van der Waals surface area contributed by atoms with Crippen LogP contribution in [0.5, 0.6) is 0 Å². The lowest BCUT2D eigenvalue weighted by Gasteiger charge is -2.20. The third kappa shape index (κ3) is 40.4. The number of hydrogen-bond donors (Lipinski definition) is 3. The molecule has 1 unspecified atom stereocenters. The predicted octanol–water partition coefficient (Wildman–Crippen LogP) is 11.8. The number of ether oxygens (including phenoxy) is 2. The zero-order valence-corrected chi connectivity index (χ0v) is 36.0. The topological polar surface area (TPSA) is 149 Å². The van der Waals surface area contributed by atoms with E-state index in [0.717, 1.165) is 51.4 Å². The fraction of sp³-hybridized carbons (Fsp3) is 0.864. The Labute approximate surface area is 336 Å². The molecule has 0 fully saturated rings. The highest BCUT2D eigenvalue weighted by molar-refractivity contribution is 7.47. The van der Waals surface area contributed by atoms with Crippen molar-refractivity contribution in [3.63, 3.8) is 0 Å². The molecular weight excluding hydrogens is 719 g/mol. The number of carbonyl (C=O) groups excluding carboxylic acids is 2. The van der Waals surface area contributed by atoms with Gasteiger partial charge in [-0.3, -0.25) is 18.6 Å². The summed E-state index contributed by atoms with van der Waals surface area (Å²) in [5, 5.41) is 18.3. The summed E-state index contributed by atoms with van der Waals surface area (Å²) < 4.78 is 32.7. The van der Waals surface area contributed by atoms with Gasteiger partial charge in [-0.25, -0.2) is 4.57 Å². The van der Waals surface area contributed by atoms with Crippen molar-refractivity contribution in [3.8, 4) is 0 Å². The number of aliphatic hydroxyl groups is 2. The van der Waals surface area contributed by atoms with Crippen molar-refractivity contribution in [1.29, 1.82) is 0 Å². The summed E-state index contributed by atoms with van der Waals surface area (Å²) in [6.45, 7) is 2.37. The smallest absolute Gasteiger partial charge is 0.462 e. The van der Waals surface area contributed by atoms with E-state index in [1.54, 1.807) is 0 Å². The van der Waals surface area contributed by atoms with Gasteiger partial charge in [0, 0.05) is 12.8 Å². The van der Waals surface area contributed by atoms with Crippen LogP contribution < -0.4 is 0 Å². The quantitative estimate of drug-likeness (QED) is 0.0236. The van der Waals surface area contributed by atoms with E-state index in [9.17, 15) is 24.2 Å². The van der Waals surface area contributed by atoms with Crippen LogP contribution >= 0.6 is 7.82 Å². The second kappa shape index (κ2) is 40.6. The van der Waals surface area contributed by atoms with E-state index >= 15 is 0 Å². The molecule has 0 aliphatic heterocycles. The molecule has 0 heterocycles. The van der Waals surface area contributed by atoms with Gasteiger partial charge in [-0.1, -0.05) is 154 Å². The molecule has 0 rings (SSSR count). The number of phosphoric acid groups is 1. The Kier molecular flexibility index (Phi) is 39.5. The highest BCUT2D eigenvalue weighted by Gasteiger charge is 2.27. The number of allylic oxidation sites excluding steroid dienone is 4. The van der Waals surface area contributed by atoms with E-state index in [0.29, 0.717) is 12.8 Å². The van der Waals surface area contributed by atoms with Crippen molar-refractivity contribution < 1.29 is 47.8 Å². The van der Waals surface area contributed by atoms with E-state index in [4.69, 9.17) is 23.6 Å². The molecule has 0 aliphatic rings. The molecule has 0 aromatic heterocycles. The molecule has 0 saturated carbocycles. The first-order valence-corrected chi connectivity index (χ1v) is 23.8. The van der Waals surface area contributed by atoms with Crippen LogP contribution in [0.2, 0.25) is 0 Å². The van der Waals surface area contributed by atoms with Gasteiger partial charge in [0.2, 0.25) is 0 Å². The maximum absolute atomic E-state index is 12.6. The largest absolute Gasteiger partial charge is 0.472 e. The first-order valence-electron chi connectivity index (χ1n) is 22.3. The van der Waals surface area contributed by atoms with Gasteiger partial charge in [-0.2, -0.15) is 0 Å². The fourth-order valence-electron chi connectivity index (χ4n) is 6.10. The Balaban J connectivity index is 4.27. The van der Waals surface area contributed by atoms with Crippen molar-refractivity contribution in [1.82, 2.24) is 0 Å². The highest BCUT2D eigenvalue weighted by atomic mass is 31.2. The van der Waals surface area contributed by atoms with Crippen LogP contribution in [0.4, 0.5) is 0 Å². The minimum absolute atomic E-state index is 0.180. The molecule has 11 heteroatoms. The van der Waals surface area contributed by atoms with E-state index < -0.39 is 51.8 Å². The van der Waals surface area contributed by atoms with Crippen molar-refractivity contribution in [2.24, 2.45) is 0 Å². The number of unbranched alkanes of at least 4 members (excludes halogenated alkanes) is 24. The molecule has 0 saturated heterocycles. The van der Waals surface area contributed by atoms with Crippen LogP contribution in [0.15, 0.2) is 24.3 Å². The second-order valence-corrected chi connectivity index (χ2v) is 16.5. The number of aliphatic hydroxyl groups excluding tert-OH is 2. The molecule has 0 bridgehead atoms. The Hall–Kier alpha value is -1.55. The molecule has 10 nitrogen and oxygen atoms in total.